The molecule has 0 saturated carbocycles. The van der Waals surface area contributed by atoms with Crippen LogP contribution >= 0.6 is 0 Å². The summed E-state index contributed by atoms with van der Waals surface area (Å²) in [5, 5.41) is 59.3. The molecule has 2 rings (SSSR count). The first kappa shape index (κ1) is 20.8. The van der Waals surface area contributed by atoms with Gasteiger partial charge in [0.05, 0.1) is 6.10 Å². The van der Waals surface area contributed by atoms with Crippen LogP contribution in [0.1, 0.15) is 6.92 Å². The summed E-state index contributed by atoms with van der Waals surface area (Å²) in [6.07, 6.45) is -11.3. The maximum absolute atomic E-state index is 10.8. The van der Waals surface area contributed by atoms with Crippen molar-refractivity contribution in [3.63, 3.8) is 0 Å². The van der Waals surface area contributed by atoms with Crippen molar-refractivity contribution < 1.29 is 79.2 Å². The fraction of sp³-hybridized carbons (Fsp3) is 0.750. The average Bonchev–Trinajstić information content (AvgIpc) is 2.45. The van der Waals surface area contributed by atoms with Gasteiger partial charge in [-0.05, 0) is 13.0 Å². The van der Waals surface area contributed by atoms with Gasteiger partial charge in [-0.15, -0.1) is 0 Å². The summed E-state index contributed by atoms with van der Waals surface area (Å²) in [6, 6.07) is 0. The van der Waals surface area contributed by atoms with Crippen molar-refractivity contribution in [1.82, 2.24) is 0 Å². The Morgan fingerprint density at radius 2 is 1.78 bits per heavy atom. The molecule has 0 radical (unpaired) electrons. The Morgan fingerprint density at radius 3 is 2.35 bits per heavy atom. The molecule has 5 N–H and O–H groups in total. The van der Waals surface area contributed by atoms with Crippen molar-refractivity contribution in [2.24, 2.45) is 0 Å². The summed E-state index contributed by atoms with van der Waals surface area (Å²) in [5.74, 6) is -2.51. The molecule has 8 atom stereocenters. The molecule has 126 valence electrons. The zero-order valence-corrected chi connectivity index (χ0v) is 14.5. The Balaban J connectivity index is 0.00000264. The Bertz CT molecular complexity index is 457. The van der Waals surface area contributed by atoms with E-state index in [1.807, 2.05) is 0 Å². The van der Waals surface area contributed by atoms with E-state index in [4.69, 9.17) is 14.2 Å². The van der Waals surface area contributed by atoms with Crippen LogP contribution in [0.15, 0.2) is 11.8 Å². The van der Waals surface area contributed by atoms with Gasteiger partial charge < -0.3 is 49.6 Å². The molecular weight excluding hydrogens is 327 g/mol. The van der Waals surface area contributed by atoms with Gasteiger partial charge in [0.25, 0.3) is 0 Å². The van der Waals surface area contributed by atoms with Gasteiger partial charge in [0.1, 0.15) is 42.2 Å². The summed E-state index contributed by atoms with van der Waals surface area (Å²) in [7, 11) is 0. The molecule has 2 heterocycles. The maximum Gasteiger partial charge on any atom is 1.00 e. The van der Waals surface area contributed by atoms with Gasteiger partial charge in [-0.3, -0.25) is 0 Å². The molecule has 0 aliphatic carbocycles. The minimum atomic E-state index is -1.74. The number of aliphatic hydroxyl groups excluding tert-OH is 5. The molecule has 1 saturated heterocycles. The molecule has 0 aromatic carbocycles. The van der Waals surface area contributed by atoms with Crippen LogP contribution in [0.5, 0.6) is 0 Å². The minimum Gasteiger partial charge on any atom is -0.542 e. The number of aliphatic hydroxyl groups is 5. The van der Waals surface area contributed by atoms with Crippen molar-refractivity contribution >= 4 is 5.97 Å². The van der Waals surface area contributed by atoms with Gasteiger partial charge >= 0.3 is 29.6 Å². The predicted molar refractivity (Wildman–Crippen MR) is 63.4 cm³/mol. The summed E-state index contributed by atoms with van der Waals surface area (Å²) in [5.41, 5.74) is 0. The topological polar surface area (TPSA) is 169 Å². The zero-order chi connectivity index (χ0) is 16.6. The van der Waals surface area contributed by atoms with E-state index in [-0.39, 0.29) is 29.6 Å². The molecule has 0 amide bonds. The standard InChI is InChI=1S/C12H18O10.Na/c1-3-6(14)8(16)9(11(19)20-3)22-12-7(15)4(13)2-5(21-12)10(17)18;/h2-4,6-9,11-16,19H,1H3,(H,17,18);/q;+1/p-1/t3-,4-,6-,7+,8+,9-,11+,12+;/m0./s1. The van der Waals surface area contributed by atoms with E-state index < -0.39 is 60.9 Å². The van der Waals surface area contributed by atoms with Crippen molar-refractivity contribution in [2.45, 2.75) is 56.1 Å². The van der Waals surface area contributed by atoms with Crippen molar-refractivity contribution in [3.8, 4) is 0 Å². The van der Waals surface area contributed by atoms with E-state index >= 15 is 0 Å². The molecular formula is C12H17NaO10. The number of aliphatic carboxylic acids is 1. The van der Waals surface area contributed by atoms with E-state index in [0.29, 0.717) is 0 Å². The fourth-order valence-corrected chi connectivity index (χ4v) is 2.19. The summed E-state index contributed by atoms with van der Waals surface area (Å²) in [6.45, 7) is 1.42. The normalized spacial score (nSPS) is 43.8. The monoisotopic (exact) mass is 344 g/mol. The van der Waals surface area contributed by atoms with E-state index in [1.54, 1.807) is 0 Å². The van der Waals surface area contributed by atoms with Gasteiger partial charge in [0.15, 0.2) is 6.29 Å². The van der Waals surface area contributed by atoms with Gasteiger partial charge in [-0.1, -0.05) is 0 Å². The number of hydrogen-bond acceptors (Lipinski definition) is 10. The van der Waals surface area contributed by atoms with E-state index in [0.717, 1.165) is 6.08 Å². The number of ether oxygens (including phenoxy) is 3. The van der Waals surface area contributed by atoms with Crippen molar-refractivity contribution in [1.29, 1.82) is 0 Å². The molecule has 2 aliphatic heterocycles. The van der Waals surface area contributed by atoms with Crippen molar-refractivity contribution in [3.05, 3.63) is 11.8 Å². The quantitative estimate of drug-likeness (QED) is 0.310. The first-order valence-corrected chi connectivity index (χ1v) is 6.53. The average molecular weight is 344 g/mol. The van der Waals surface area contributed by atoms with Gasteiger partial charge in [0, 0.05) is 0 Å². The Morgan fingerprint density at radius 1 is 1.17 bits per heavy atom. The maximum atomic E-state index is 10.8. The van der Waals surface area contributed by atoms with Crippen molar-refractivity contribution in [2.75, 3.05) is 0 Å². The third-order valence-electron chi connectivity index (χ3n) is 3.49. The molecule has 11 heteroatoms. The number of carbonyl (C=O) groups excluding carboxylic acids is 1. The van der Waals surface area contributed by atoms with Crippen LogP contribution in [0.2, 0.25) is 0 Å². The van der Waals surface area contributed by atoms with Crippen LogP contribution in [0.3, 0.4) is 0 Å². The van der Waals surface area contributed by atoms with Gasteiger partial charge in [-0.2, -0.15) is 0 Å². The zero-order valence-electron chi connectivity index (χ0n) is 12.5. The molecule has 23 heavy (non-hydrogen) atoms. The first-order valence-electron chi connectivity index (χ1n) is 6.53. The molecule has 0 spiro atoms. The Hall–Kier alpha value is -0.270. The smallest absolute Gasteiger partial charge is 0.542 e. The molecule has 0 aromatic heterocycles. The third-order valence-corrected chi connectivity index (χ3v) is 3.49. The van der Waals surface area contributed by atoms with E-state index in [9.17, 15) is 35.4 Å². The first-order chi connectivity index (χ1) is 10.2. The second-order valence-electron chi connectivity index (χ2n) is 5.10. The van der Waals surface area contributed by atoms with E-state index in [2.05, 4.69) is 0 Å². The second kappa shape index (κ2) is 8.21. The minimum absolute atomic E-state index is 0. The largest absolute Gasteiger partial charge is 1.00 e. The Labute approximate surface area is 153 Å². The fourth-order valence-electron chi connectivity index (χ4n) is 2.19. The van der Waals surface area contributed by atoms with Crippen LogP contribution in [0.25, 0.3) is 0 Å². The molecule has 0 aromatic rings. The van der Waals surface area contributed by atoms with Crippen LogP contribution in [-0.2, 0) is 19.0 Å². The number of hydrogen-bond donors (Lipinski definition) is 5. The molecule has 2 aliphatic rings. The predicted octanol–water partition coefficient (Wildman–Crippen LogP) is -7.45. The SMILES string of the molecule is C[C@@H]1O[C@@H](O)[C@@H](O[C@H]2OC(C(=O)[O-])=C[C@H](O)[C@H]2O)[C@H](O)[C@H]1O.[Na+]. The van der Waals surface area contributed by atoms with Crippen LogP contribution in [0, 0.1) is 0 Å². The van der Waals surface area contributed by atoms with E-state index in [1.165, 1.54) is 6.92 Å². The Kier molecular flexibility index (Phi) is 7.41. The number of rotatable bonds is 3. The number of carboxylic acids is 1. The molecule has 1 fully saturated rings. The van der Waals surface area contributed by atoms with Gasteiger partial charge in [-0.25, -0.2) is 0 Å². The second-order valence-corrected chi connectivity index (χ2v) is 5.10. The van der Waals surface area contributed by atoms with Crippen LogP contribution in [0.4, 0.5) is 0 Å². The van der Waals surface area contributed by atoms with Crippen LogP contribution < -0.4 is 34.7 Å². The molecule has 0 bridgehead atoms. The summed E-state index contributed by atoms with van der Waals surface area (Å²) >= 11 is 0. The molecule has 0 unspecified atom stereocenters. The van der Waals surface area contributed by atoms with Crippen LogP contribution in [-0.4, -0.2) is 80.7 Å². The number of carbonyl (C=O) groups is 1. The van der Waals surface area contributed by atoms with Gasteiger partial charge in [0.2, 0.25) is 6.29 Å². The summed E-state index contributed by atoms with van der Waals surface area (Å²) in [4.78, 5) is 10.8. The number of carboxylic acid groups (broad SMARTS) is 1. The summed E-state index contributed by atoms with van der Waals surface area (Å²) < 4.78 is 14.8. The third kappa shape index (κ3) is 4.42. The molecule has 10 nitrogen and oxygen atoms in total.